The van der Waals surface area contributed by atoms with Crippen LogP contribution in [0.2, 0.25) is 0 Å². The lowest BCUT2D eigenvalue weighted by atomic mass is 9.88. The third kappa shape index (κ3) is 8.22. The van der Waals surface area contributed by atoms with Crippen LogP contribution in [0.4, 0.5) is 22.0 Å². The molecule has 1 aliphatic heterocycles. The highest BCUT2D eigenvalue weighted by Gasteiger charge is 2.47. The number of halogens is 5. The van der Waals surface area contributed by atoms with E-state index in [4.69, 9.17) is 10.5 Å². The number of amides is 1. The largest absolute Gasteiger partial charge is 0.475 e. The van der Waals surface area contributed by atoms with E-state index in [1.54, 1.807) is 19.9 Å². The molecule has 0 radical (unpaired) electrons. The highest BCUT2D eigenvalue weighted by Crippen LogP contribution is 2.35. The Labute approximate surface area is 218 Å². The fourth-order valence-electron chi connectivity index (χ4n) is 3.90. The van der Waals surface area contributed by atoms with E-state index in [9.17, 15) is 26.7 Å². The summed E-state index contributed by atoms with van der Waals surface area (Å²) in [5, 5.41) is 0. The molecule has 0 aliphatic carbocycles. The minimum atomic E-state index is -3.18. The number of nitrogens with zero attached hydrogens (tertiary/aromatic N) is 4. The molecule has 0 spiro atoms. The maximum atomic E-state index is 14.6. The van der Waals surface area contributed by atoms with Crippen molar-refractivity contribution in [3.8, 4) is 5.88 Å². The van der Waals surface area contributed by atoms with Crippen molar-refractivity contribution in [3.05, 3.63) is 58.8 Å². The Morgan fingerprint density at radius 1 is 1.34 bits per heavy atom. The van der Waals surface area contributed by atoms with E-state index in [0.29, 0.717) is 6.42 Å². The van der Waals surface area contributed by atoms with Crippen LogP contribution in [0.3, 0.4) is 0 Å². The molecule has 0 saturated carbocycles. The Balaban J connectivity index is 2.43. The van der Waals surface area contributed by atoms with Gasteiger partial charge in [0.15, 0.2) is 0 Å². The Bertz CT molecular complexity index is 1110. The molecular formula is C26H32F5N5O2. The SMILES string of the molecule is C\C=C(F)/C=N/C(=C/CC)C(C=NC)=C(N)C(=O)N1CC(F)(F)C[C@@H](C)[C@H]1COc1ccc(C(F)F)cn1. The first kappa shape index (κ1) is 30.7. The summed E-state index contributed by atoms with van der Waals surface area (Å²) in [6.07, 6.45) is 3.20. The maximum absolute atomic E-state index is 14.6. The van der Waals surface area contributed by atoms with Gasteiger partial charge in [-0.05, 0) is 25.3 Å². The van der Waals surface area contributed by atoms with E-state index in [1.807, 2.05) is 0 Å². The van der Waals surface area contributed by atoms with Gasteiger partial charge in [-0.15, -0.1) is 0 Å². The monoisotopic (exact) mass is 541 g/mol. The predicted octanol–water partition coefficient (Wildman–Crippen LogP) is 5.42. The first-order valence-electron chi connectivity index (χ1n) is 12.0. The number of pyridine rings is 1. The average molecular weight is 542 g/mol. The Kier molecular flexibility index (Phi) is 11.2. The molecule has 1 fully saturated rings. The molecular weight excluding hydrogens is 509 g/mol. The van der Waals surface area contributed by atoms with Crippen molar-refractivity contribution in [3.63, 3.8) is 0 Å². The number of rotatable bonds is 10. The number of piperidine rings is 1. The predicted molar refractivity (Wildman–Crippen MR) is 136 cm³/mol. The number of aliphatic imine (C=N–C) groups is 2. The van der Waals surface area contributed by atoms with Crippen LogP contribution in [0, 0.1) is 5.92 Å². The number of carbonyl (C=O) groups excluding carboxylic acids is 1. The lowest BCUT2D eigenvalue weighted by Gasteiger charge is -2.43. The van der Waals surface area contributed by atoms with Crippen molar-refractivity contribution >= 4 is 18.3 Å². The summed E-state index contributed by atoms with van der Waals surface area (Å²) in [5.41, 5.74) is 5.70. The summed E-state index contributed by atoms with van der Waals surface area (Å²) in [5.74, 6) is -5.41. The fraction of sp³-hybridized carbons (Fsp3) is 0.462. The van der Waals surface area contributed by atoms with Crippen molar-refractivity contribution in [2.45, 2.75) is 52.0 Å². The summed E-state index contributed by atoms with van der Waals surface area (Å²) in [6, 6.07) is 1.55. The van der Waals surface area contributed by atoms with E-state index in [0.717, 1.165) is 23.4 Å². The first-order valence-corrected chi connectivity index (χ1v) is 12.0. The molecule has 208 valence electrons. The molecule has 7 nitrogen and oxygen atoms in total. The van der Waals surface area contributed by atoms with Crippen LogP contribution in [0.25, 0.3) is 0 Å². The molecule has 2 atom stereocenters. The number of allylic oxidation sites excluding steroid dienone is 4. The molecule has 1 saturated heterocycles. The zero-order valence-corrected chi connectivity index (χ0v) is 21.7. The third-order valence-electron chi connectivity index (χ3n) is 5.81. The lowest BCUT2D eigenvalue weighted by Crippen LogP contribution is -2.58. The maximum Gasteiger partial charge on any atom is 0.271 e. The molecule has 0 bridgehead atoms. The van der Waals surface area contributed by atoms with Gasteiger partial charge in [0.2, 0.25) is 5.88 Å². The van der Waals surface area contributed by atoms with Crippen molar-refractivity contribution in [2.24, 2.45) is 21.6 Å². The third-order valence-corrected chi connectivity index (χ3v) is 5.81. The molecule has 2 rings (SSSR count). The van der Waals surface area contributed by atoms with Gasteiger partial charge in [-0.1, -0.05) is 26.0 Å². The first-order chi connectivity index (χ1) is 17.9. The molecule has 12 heteroatoms. The zero-order chi connectivity index (χ0) is 28.5. The molecule has 2 N–H and O–H groups in total. The summed E-state index contributed by atoms with van der Waals surface area (Å²) in [7, 11) is 1.43. The average Bonchev–Trinajstić information content (AvgIpc) is 2.87. The van der Waals surface area contributed by atoms with Crippen LogP contribution >= 0.6 is 0 Å². The normalized spacial score (nSPS) is 21.4. The van der Waals surface area contributed by atoms with Gasteiger partial charge >= 0.3 is 0 Å². The van der Waals surface area contributed by atoms with Gasteiger partial charge in [0.1, 0.15) is 18.1 Å². The summed E-state index contributed by atoms with van der Waals surface area (Å²) in [4.78, 5) is 26.2. The van der Waals surface area contributed by atoms with Crippen LogP contribution in [0.1, 0.15) is 45.6 Å². The Morgan fingerprint density at radius 2 is 2.05 bits per heavy atom. The van der Waals surface area contributed by atoms with Crippen molar-refractivity contribution in [1.82, 2.24) is 9.88 Å². The summed E-state index contributed by atoms with van der Waals surface area (Å²) in [6.45, 7) is 3.69. The van der Waals surface area contributed by atoms with Crippen LogP contribution in [0.15, 0.2) is 63.3 Å². The van der Waals surface area contributed by atoms with Crippen LogP contribution in [-0.4, -0.2) is 60.4 Å². The number of aromatic nitrogens is 1. The summed E-state index contributed by atoms with van der Waals surface area (Å²) >= 11 is 0. The number of hydrogen-bond donors (Lipinski definition) is 1. The van der Waals surface area contributed by atoms with Crippen molar-refractivity contribution in [1.29, 1.82) is 0 Å². The number of hydrogen-bond acceptors (Lipinski definition) is 6. The second-order valence-electron chi connectivity index (χ2n) is 8.72. The molecule has 0 unspecified atom stereocenters. The standard InChI is InChI=1S/C26H32F5N5O2/c1-5-7-20(34-12-18(27)6-2)19(13-33-4)23(32)25(37)36-15-26(30,31)10-16(3)21(36)14-38-22-9-8-17(11-35-22)24(28)29/h6-9,11-13,16,21,24H,5,10,14-15,32H2,1-4H3/b18-6+,20-7+,23-19?,33-13?,34-12+/t16-,21-/m1/s1. The van der Waals surface area contributed by atoms with E-state index in [1.165, 1.54) is 32.3 Å². The number of ether oxygens (including phenoxy) is 1. The van der Waals surface area contributed by atoms with Gasteiger partial charge in [-0.2, -0.15) is 0 Å². The van der Waals surface area contributed by atoms with E-state index < -0.39 is 54.7 Å². The second-order valence-corrected chi connectivity index (χ2v) is 8.72. The van der Waals surface area contributed by atoms with Gasteiger partial charge in [0.25, 0.3) is 18.3 Å². The number of nitrogens with two attached hydrogens (primary N) is 1. The van der Waals surface area contributed by atoms with Gasteiger partial charge in [-0.3, -0.25) is 14.8 Å². The molecule has 0 aromatic carbocycles. The Morgan fingerprint density at radius 3 is 2.61 bits per heavy atom. The fourth-order valence-corrected chi connectivity index (χ4v) is 3.90. The van der Waals surface area contributed by atoms with E-state index >= 15 is 0 Å². The van der Waals surface area contributed by atoms with Crippen molar-refractivity contribution < 1.29 is 31.5 Å². The zero-order valence-electron chi connectivity index (χ0n) is 21.7. The molecule has 1 amide bonds. The van der Waals surface area contributed by atoms with E-state index in [-0.39, 0.29) is 29.3 Å². The van der Waals surface area contributed by atoms with Crippen LogP contribution in [-0.2, 0) is 4.79 Å². The van der Waals surface area contributed by atoms with Gasteiger partial charge in [0, 0.05) is 43.1 Å². The minimum absolute atomic E-state index is 0.00200. The minimum Gasteiger partial charge on any atom is -0.475 e. The molecule has 1 aromatic rings. The highest BCUT2D eigenvalue weighted by atomic mass is 19.3. The Hall–Kier alpha value is -3.57. The van der Waals surface area contributed by atoms with Crippen LogP contribution in [0.5, 0.6) is 5.88 Å². The van der Waals surface area contributed by atoms with Crippen molar-refractivity contribution in [2.75, 3.05) is 20.2 Å². The van der Waals surface area contributed by atoms with Crippen LogP contribution < -0.4 is 10.5 Å². The van der Waals surface area contributed by atoms with Gasteiger partial charge < -0.3 is 15.4 Å². The molecule has 1 aliphatic rings. The second kappa shape index (κ2) is 13.8. The summed E-state index contributed by atoms with van der Waals surface area (Å²) < 4.78 is 74.0. The molecule has 38 heavy (non-hydrogen) atoms. The topological polar surface area (TPSA) is 93.2 Å². The van der Waals surface area contributed by atoms with Gasteiger partial charge in [-0.25, -0.2) is 26.9 Å². The van der Waals surface area contributed by atoms with Gasteiger partial charge in [0.05, 0.1) is 24.5 Å². The van der Waals surface area contributed by atoms with E-state index in [2.05, 4.69) is 15.0 Å². The molecule has 1 aromatic heterocycles. The number of likely N-dealkylation sites (tertiary alicyclic amines) is 1. The molecule has 2 heterocycles. The quantitative estimate of drug-likeness (QED) is 0.185. The smallest absolute Gasteiger partial charge is 0.271 e. The number of carbonyl (C=O) groups is 1. The lowest BCUT2D eigenvalue weighted by molar-refractivity contribution is -0.151. The highest BCUT2D eigenvalue weighted by molar-refractivity contribution is 6.02. The number of alkyl halides is 4.